The second-order valence-electron chi connectivity index (χ2n) is 11.3. The van der Waals surface area contributed by atoms with Gasteiger partial charge in [-0.05, 0) is 97.7 Å². The monoisotopic (exact) mass is 353 g/mol. The molecule has 0 bridgehead atoms. The molecule has 2 aliphatic carbocycles. The lowest BCUT2D eigenvalue weighted by Gasteiger charge is -2.46. The molecule has 1 heteroatoms. The second-order valence-corrected chi connectivity index (χ2v) is 11.3. The van der Waals surface area contributed by atoms with Gasteiger partial charge in [-0.2, -0.15) is 0 Å². The summed E-state index contributed by atoms with van der Waals surface area (Å²) in [4.78, 5) is 2.74. The molecule has 144 valence electrons. The number of hydrogen-bond acceptors (Lipinski definition) is 1. The van der Waals surface area contributed by atoms with Crippen LogP contribution in [0.3, 0.4) is 0 Å². The van der Waals surface area contributed by atoms with Gasteiger partial charge >= 0.3 is 0 Å². The van der Waals surface area contributed by atoms with Crippen LogP contribution in [0.1, 0.15) is 95.6 Å². The third kappa shape index (κ3) is 4.35. The fourth-order valence-corrected chi connectivity index (χ4v) is 6.41. The van der Waals surface area contributed by atoms with E-state index in [1.54, 1.807) is 11.1 Å². The van der Waals surface area contributed by atoms with Crippen molar-refractivity contribution in [3.05, 3.63) is 35.4 Å². The van der Waals surface area contributed by atoms with Crippen molar-refractivity contribution in [2.45, 2.75) is 84.5 Å². The van der Waals surface area contributed by atoms with Crippen LogP contribution in [0.25, 0.3) is 0 Å². The standard InChI is InChI=1S/C25H39N/c1-24(2)15-21(16-25(3,4)18-24)23-8-6-5-7-22(23)20-11-13-26(14-12-20)17-19-9-10-19/h5-8,19-21H,9-18H2,1-4H3. The van der Waals surface area contributed by atoms with Crippen LogP contribution < -0.4 is 0 Å². The van der Waals surface area contributed by atoms with Gasteiger partial charge in [0.2, 0.25) is 0 Å². The zero-order valence-electron chi connectivity index (χ0n) is 17.6. The maximum absolute atomic E-state index is 2.74. The van der Waals surface area contributed by atoms with E-state index in [0.717, 1.165) is 17.8 Å². The third-order valence-electron chi connectivity index (χ3n) is 7.23. The van der Waals surface area contributed by atoms with Gasteiger partial charge in [-0.25, -0.2) is 0 Å². The summed E-state index contributed by atoms with van der Waals surface area (Å²) in [6.07, 6.45) is 9.76. The topological polar surface area (TPSA) is 3.24 Å². The summed E-state index contributed by atoms with van der Waals surface area (Å²) in [7, 11) is 0. The molecular weight excluding hydrogens is 314 g/mol. The zero-order chi connectivity index (χ0) is 18.4. The third-order valence-corrected chi connectivity index (χ3v) is 7.23. The number of hydrogen-bond donors (Lipinski definition) is 0. The molecule has 3 aliphatic rings. The summed E-state index contributed by atoms with van der Waals surface area (Å²) in [6, 6.07) is 9.50. The first-order valence-electron chi connectivity index (χ1n) is 11.1. The molecule has 1 saturated heterocycles. The minimum Gasteiger partial charge on any atom is -0.303 e. The van der Waals surface area contributed by atoms with Crippen molar-refractivity contribution in [1.29, 1.82) is 0 Å². The quantitative estimate of drug-likeness (QED) is 0.589. The summed E-state index contributed by atoms with van der Waals surface area (Å²) < 4.78 is 0. The van der Waals surface area contributed by atoms with E-state index in [0.29, 0.717) is 10.8 Å². The summed E-state index contributed by atoms with van der Waals surface area (Å²) in [6.45, 7) is 14.0. The zero-order valence-corrected chi connectivity index (χ0v) is 17.6. The maximum Gasteiger partial charge on any atom is 0.000967 e. The molecule has 0 radical (unpaired) electrons. The first-order chi connectivity index (χ1) is 12.3. The molecule has 2 saturated carbocycles. The van der Waals surface area contributed by atoms with Gasteiger partial charge in [-0.15, -0.1) is 0 Å². The molecule has 4 rings (SSSR count). The highest BCUT2D eigenvalue weighted by atomic mass is 15.1. The van der Waals surface area contributed by atoms with Gasteiger partial charge in [0, 0.05) is 6.54 Å². The van der Waals surface area contributed by atoms with Gasteiger partial charge < -0.3 is 4.90 Å². The number of nitrogens with zero attached hydrogens (tertiary/aromatic N) is 1. The average molecular weight is 354 g/mol. The Morgan fingerprint density at radius 2 is 1.35 bits per heavy atom. The molecule has 0 N–H and O–H groups in total. The van der Waals surface area contributed by atoms with Crippen LogP contribution >= 0.6 is 0 Å². The van der Waals surface area contributed by atoms with Gasteiger partial charge in [0.05, 0.1) is 0 Å². The van der Waals surface area contributed by atoms with E-state index in [1.807, 2.05) is 0 Å². The van der Waals surface area contributed by atoms with Gasteiger partial charge in [-0.3, -0.25) is 0 Å². The number of rotatable bonds is 4. The Bertz CT molecular complexity index is 601. The molecular formula is C25H39N. The normalized spacial score (nSPS) is 27.5. The first kappa shape index (κ1) is 18.5. The largest absolute Gasteiger partial charge is 0.303 e. The van der Waals surface area contributed by atoms with Crippen LogP contribution in [0.15, 0.2) is 24.3 Å². The molecule has 0 amide bonds. The molecule has 3 fully saturated rings. The van der Waals surface area contributed by atoms with Crippen molar-refractivity contribution in [2.75, 3.05) is 19.6 Å². The van der Waals surface area contributed by atoms with Crippen LogP contribution in [0.5, 0.6) is 0 Å². The van der Waals surface area contributed by atoms with Crippen LogP contribution in [-0.4, -0.2) is 24.5 Å². The summed E-state index contributed by atoms with van der Waals surface area (Å²) in [5.41, 5.74) is 4.31. The predicted octanol–water partition coefficient (Wildman–Crippen LogP) is 6.60. The average Bonchev–Trinajstić information content (AvgIpc) is 3.37. The number of piperidine rings is 1. The van der Waals surface area contributed by atoms with Gasteiger partial charge in [0.1, 0.15) is 0 Å². The van der Waals surface area contributed by atoms with E-state index in [1.165, 1.54) is 64.6 Å². The fourth-order valence-electron chi connectivity index (χ4n) is 6.41. The lowest BCUT2D eigenvalue weighted by molar-refractivity contribution is 0.0962. The van der Waals surface area contributed by atoms with Crippen molar-refractivity contribution in [3.8, 4) is 0 Å². The Hall–Kier alpha value is -0.820. The van der Waals surface area contributed by atoms with Crippen LogP contribution in [0, 0.1) is 16.7 Å². The number of likely N-dealkylation sites (tertiary alicyclic amines) is 1. The lowest BCUT2D eigenvalue weighted by atomic mass is 9.59. The van der Waals surface area contributed by atoms with Crippen LogP contribution in [0.2, 0.25) is 0 Å². The highest BCUT2D eigenvalue weighted by molar-refractivity contribution is 5.34. The molecule has 1 nitrogen and oxygen atoms in total. The van der Waals surface area contributed by atoms with Gasteiger partial charge in [0.25, 0.3) is 0 Å². The number of benzene rings is 1. The Kier molecular flexibility index (Phi) is 4.97. The molecule has 0 spiro atoms. The van der Waals surface area contributed by atoms with E-state index in [4.69, 9.17) is 0 Å². The molecule has 26 heavy (non-hydrogen) atoms. The molecule has 1 aromatic rings. The minimum atomic E-state index is 0.465. The SMILES string of the molecule is CC1(C)CC(c2ccccc2C2CCN(CC3CC3)CC2)CC(C)(C)C1. The maximum atomic E-state index is 2.74. The van der Waals surface area contributed by atoms with Crippen LogP contribution in [-0.2, 0) is 0 Å². The minimum absolute atomic E-state index is 0.465. The van der Waals surface area contributed by atoms with Crippen molar-refractivity contribution >= 4 is 0 Å². The van der Waals surface area contributed by atoms with Crippen molar-refractivity contribution < 1.29 is 0 Å². The molecule has 1 heterocycles. The highest BCUT2D eigenvalue weighted by Crippen LogP contribution is 2.53. The summed E-state index contributed by atoms with van der Waals surface area (Å²) >= 11 is 0. The molecule has 0 unspecified atom stereocenters. The van der Waals surface area contributed by atoms with Crippen molar-refractivity contribution in [2.24, 2.45) is 16.7 Å². The summed E-state index contributed by atoms with van der Waals surface area (Å²) in [5.74, 6) is 2.56. The van der Waals surface area contributed by atoms with E-state index in [-0.39, 0.29) is 0 Å². The van der Waals surface area contributed by atoms with Crippen molar-refractivity contribution in [3.63, 3.8) is 0 Å². The molecule has 1 aliphatic heterocycles. The first-order valence-corrected chi connectivity index (χ1v) is 11.1. The molecule has 1 aromatic carbocycles. The van der Waals surface area contributed by atoms with E-state index < -0.39 is 0 Å². The summed E-state index contributed by atoms with van der Waals surface area (Å²) in [5, 5.41) is 0. The van der Waals surface area contributed by atoms with Crippen molar-refractivity contribution in [1.82, 2.24) is 4.90 Å². The van der Waals surface area contributed by atoms with E-state index >= 15 is 0 Å². The second kappa shape index (κ2) is 6.97. The lowest BCUT2D eigenvalue weighted by Crippen LogP contribution is -2.35. The van der Waals surface area contributed by atoms with Gasteiger partial charge in [0.15, 0.2) is 0 Å². The fraction of sp³-hybridized carbons (Fsp3) is 0.760. The Morgan fingerprint density at radius 3 is 1.88 bits per heavy atom. The van der Waals surface area contributed by atoms with Crippen LogP contribution in [0.4, 0.5) is 0 Å². The van der Waals surface area contributed by atoms with Gasteiger partial charge in [-0.1, -0.05) is 52.0 Å². The highest BCUT2D eigenvalue weighted by Gasteiger charge is 2.40. The van der Waals surface area contributed by atoms with E-state index in [9.17, 15) is 0 Å². The Morgan fingerprint density at radius 1 is 0.808 bits per heavy atom. The molecule has 0 atom stereocenters. The Labute approximate surface area is 161 Å². The predicted molar refractivity (Wildman–Crippen MR) is 112 cm³/mol. The van der Waals surface area contributed by atoms with E-state index in [2.05, 4.69) is 56.9 Å². The smallest absolute Gasteiger partial charge is 0.000967 e. The molecule has 0 aromatic heterocycles. The Balaban J connectivity index is 1.50.